The van der Waals surface area contributed by atoms with Gasteiger partial charge in [0.2, 0.25) is 11.7 Å². The molecular weight excluding hydrogens is 318 g/mol. The van der Waals surface area contributed by atoms with Gasteiger partial charge in [0.15, 0.2) is 0 Å². The van der Waals surface area contributed by atoms with Gasteiger partial charge in [0, 0.05) is 23.0 Å². The number of carbonyl (C=O) groups is 1. The van der Waals surface area contributed by atoms with E-state index in [1.807, 2.05) is 0 Å². The summed E-state index contributed by atoms with van der Waals surface area (Å²) in [7, 11) is 0. The van der Waals surface area contributed by atoms with E-state index in [4.69, 9.17) is 16.1 Å². The van der Waals surface area contributed by atoms with Crippen molar-refractivity contribution in [2.24, 2.45) is 0 Å². The van der Waals surface area contributed by atoms with Gasteiger partial charge in [0.05, 0.1) is 6.20 Å². The molecule has 0 saturated heterocycles. The van der Waals surface area contributed by atoms with Crippen molar-refractivity contribution in [1.29, 1.82) is 0 Å². The van der Waals surface area contributed by atoms with Gasteiger partial charge >= 0.3 is 0 Å². The number of halogens is 1. The molecule has 3 aromatic rings. The summed E-state index contributed by atoms with van der Waals surface area (Å²) >= 11 is 5.85. The number of rotatable bonds is 4. The number of nitrogens with one attached hydrogen (secondary N) is 1. The van der Waals surface area contributed by atoms with Gasteiger partial charge < -0.3 is 9.84 Å². The van der Waals surface area contributed by atoms with E-state index in [0.717, 1.165) is 5.56 Å². The summed E-state index contributed by atoms with van der Waals surface area (Å²) in [5.41, 5.74) is 0.994. The summed E-state index contributed by atoms with van der Waals surface area (Å²) < 4.78 is 5.20. The van der Waals surface area contributed by atoms with Crippen LogP contribution in [0.4, 0.5) is 0 Å². The summed E-state index contributed by atoms with van der Waals surface area (Å²) in [4.78, 5) is 24.1. The van der Waals surface area contributed by atoms with Crippen LogP contribution in [0.15, 0.2) is 47.4 Å². The number of amides is 1. The van der Waals surface area contributed by atoms with E-state index in [-0.39, 0.29) is 11.6 Å². The Bertz CT molecular complexity index is 804. The Morgan fingerprint density at radius 1 is 1.26 bits per heavy atom. The monoisotopic (exact) mass is 329 g/mol. The summed E-state index contributed by atoms with van der Waals surface area (Å²) in [6.07, 6.45) is 4.33. The van der Waals surface area contributed by atoms with E-state index in [9.17, 15) is 4.79 Å². The maximum absolute atomic E-state index is 12.0. The largest absolute Gasteiger partial charge is 0.339 e. The lowest BCUT2D eigenvalue weighted by Crippen LogP contribution is -2.27. The third-order valence-electron chi connectivity index (χ3n) is 3.06. The van der Waals surface area contributed by atoms with Crippen LogP contribution in [0.25, 0.3) is 11.4 Å². The number of hydrogen-bond donors (Lipinski definition) is 1. The fourth-order valence-electron chi connectivity index (χ4n) is 1.88. The summed E-state index contributed by atoms with van der Waals surface area (Å²) in [5, 5.41) is 7.26. The second-order valence-electron chi connectivity index (χ2n) is 4.75. The highest BCUT2D eigenvalue weighted by atomic mass is 35.5. The van der Waals surface area contributed by atoms with Crippen molar-refractivity contribution in [3.05, 3.63) is 59.5 Å². The Morgan fingerprint density at radius 3 is 2.74 bits per heavy atom. The van der Waals surface area contributed by atoms with Gasteiger partial charge in [-0.3, -0.25) is 9.78 Å². The molecule has 116 valence electrons. The zero-order valence-electron chi connectivity index (χ0n) is 12.1. The Morgan fingerprint density at radius 2 is 2.04 bits per heavy atom. The molecule has 3 rings (SSSR count). The molecule has 1 amide bonds. The minimum Gasteiger partial charge on any atom is -0.339 e. The van der Waals surface area contributed by atoms with Crippen LogP contribution in [0.3, 0.4) is 0 Å². The molecule has 1 N–H and O–H groups in total. The summed E-state index contributed by atoms with van der Waals surface area (Å²) in [6, 6.07) is 6.61. The molecule has 2 heterocycles. The Labute approximate surface area is 136 Å². The highest BCUT2D eigenvalue weighted by Gasteiger charge is 2.18. The second-order valence-corrected chi connectivity index (χ2v) is 5.19. The maximum Gasteiger partial charge on any atom is 0.272 e. The molecule has 0 fully saturated rings. The van der Waals surface area contributed by atoms with E-state index < -0.39 is 6.04 Å². The first-order chi connectivity index (χ1) is 11.1. The highest BCUT2D eigenvalue weighted by molar-refractivity contribution is 6.30. The molecule has 1 unspecified atom stereocenters. The number of aromatic nitrogens is 4. The van der Waals surface area contributed by atoms with Crippen molar-refractivity contribution in [1.82, 2.24) is 25.4 Å². The molecule has 2 aromatic heterocycles. The molecule has 0 radical (unpaired) electrons. The fourth-order valence-corrected chi connectivity index (χ4v) is 2.00. The van der Waals surface area contributed by atoms with Crippen molar-refractivity contribution in [2.45, 2.75) is 13.0 Å². The molecule has 23 heavy (non-hydrogen) atoms. The SMILES string of the molecule is CC(NC(=O)c1cnccn1)c1nc(-c2ccc(Cl)cc2)no1. The molecule has 0 bridgehead atoms. The van der Waals surface area contributed by atoms with E-state index in [1.165, 1.54) is 18.6 Å². The molecular formula is C15H12ClN5O2. The zero-order chi connectivity index (χ0) is 16.2. The number of nitrogens with zero attached hydrogens (tertiary/aromatic N) is 4. The molecule has 1 aromatic carbocycles. The van der Waals surface area contributed by atoms with Crippen LogP contribution in [0.5, 0.6) is 0 Å². The first-order valence-corrected chi connectivity index (χ1v) is 7.17. The van der Waals surface area contributed by atoms with E-state index >= 15 is 0 Å². The van der Waals surface area contributed by atoms with E-state index in [2.05, 4.69) is 25.4 Å². The standard InChI is InChI=1S/C15H12ClN5O2/c1-9(19-14(22)12-8-17-6-7-18-12)15-20-13(21-23-15)10-2-4-11(16)5-3-10/h2-9H,1H3,(H,19,22). The topological polar surface area (TPSA) is 93.8 Å². The van der Waals surface area contributed by atoms with Crippen molar-refractivity contribution in [2.75, 3.05) is 0 Å². The van der Waals surface area contributed by atoms with Gasteiger partial charge in [0.1, 0.15) is 11.7 Å². The Kier molecular flexibility index (Phi) is 4.29. The van der Waals surface area contributed by atoms with Crippen molar-refractivity contribution in [3.8, 4) is 11.4 Å². The van der Waals surface area contributed by atoms with Crippen LogP contribution in [0.1, 0.15) is 29.3 Å². The van der Waals surface area contributed by atoms with Gasteiger partial charge in [-0.15, -0.1) is 0 Å². The molecule has 0 aliphatic rings. The summed E-state index contributed by atoms with van der Waals surface area (Å²) in [6.45, 7) is 1.74. The maximum atomic E-state index is 12.0. The molecule has 7 nitrogen and oxygen atoms in total. The van der Waals surface area contributed by atoms with Gasteiger partial charge in [-0.2, -0.15) is 4.98 Å². The molecule has 1 atom stereocenters. The predicted octanol–water partition coefficient (Wildman–Crippen LogP) is 2.67. The van der Waals surface area contributed by atoms with Gasteiger partial charge in [-0.05, 0) is 31.2 Å². The minimum atomic E-state index is -0.460. The van der Waals surface area contributed by atoms with E-state index in [1.54, 1.807) is 31.2 Å². The molecule has 0 spiro atoms. The number of carbonyl (C=O) groups excluding carboxylic acids is 1. The van der Waals surface area contributed by atoms with Gasteiger partial charge in [0.25, 0.3) is 5.91 Å². The van der Waals surface area contributed by atoms with Crippen LogP contribution in [-0.2, 0) is 0 Å². The van der Waals surface area contributed by atoms with Crippen molar-refractivity contribution < 1.29 is 9.32 Å². The highest BCUT2D eigenvalue weighted by Crippen LogP contribution is 2.20. The molecule has 0 saturated carbocycles. The van der Waals surface area contributed by atoms with Crippen LogP contribution >= 0.6 is 11.6 Å². The number of hydrogen-bond acceptors (Lipinski definition) is 6. The first-order valence-electron chi connectivity index (χ1n) is 6.80. The van der Waals surface area contributed by atoms with Crippen LogP contribution in [0.2, 0.25) is 5.02 Å². The molecule has 8 heteroatoms. The average Bonchev–Trinajstić information content (AvgIpc) is 3.06. The minimum absolute atomic E-state index is 0.219. The zero-order valence-corrected chi connectivity index (χ0v) is 12.9. The quantitative estimate of drug-likeness (QED) is 0.790. The molecule has 0 aliphatic carbocycles. The fraction of sp³-hybridized carbons (Fsp3) is 0.133. The molecule has 0 aliphatic heterocycles. The first kappa shape index (κ1) is 15.1. The average molecular weight is 330 g/mol. The van der Waals surface area contributed by atoms with Crippen molar-refractivity contribution in [3.63, 3.8) is 0 Å². The normalized spacial score (nSPS) is 11.9. The Balaban J connectivity index is 1.72. The van der Waals surface area contributed by atoms with Crippen LogP contribution < -0.4 is 5.32 Å². The van der Waals surface area contributed by atoms with Crippen LogP contribution in [-0.4, -0.2) is 26.0 Å². The Hall–Kier alpha value is -2.80. The van der Waals surface area contributed by atoms with Gasteiger partial charge in [-0.1, -0.05) is 16.8 Å². The third-order valence-corrected chi connectivity index (χ3v) is 3.31. The lowest BCUT2D eigenvalue weighted by Gasteiger charge is -2.08. The smallest absolute Gasteiger partial charge is 0.272 e. The van der Waals surface area contributed by atoms with Crippen molar-refractivity contribution >= 4 is 17.5 Å². The predicted molar refractivity (Wildman–Crippen MR) is 82.7 cm³/mol. The lowest BCUT2D eigenvalue weighted by atomic mass is 10.2. The van der Waals surface area contributed by atoms with Gasteiger partial charge in [-0.25, -0.2) is 4.98 Å². The third kappa shape index (κ3) is 3.51. The lowest BCUT2D eigenvalue weighted by molar-refractivity contribution is 0.0927. The van der Waals surface area contributed by atoms with E-state index in [0.29, 0.717) is 16.7 Å². The second kappa shape index (κ2) is 6.53. The van der Waals surface area contributed by atoms with Crippen LogP contribution in [0, 0.1) is 0 Å². The number of benzene rings is 1. The summed E-state index contributed by atoms with van der Waals surface area (Å²) in [5.74, 6) is 0.362.